The van der Waals surface area contributed by atoms with Crippen LogP contribution in [0, 0.1) is 5.92 Å². The van der Waals surface area contributed by atoms with Crippen LogP contribution in [0.3, 0.4) is 0 Å². The van der Waals surface area contributed by atoms with Crippen LogP contribution in [0.15, 0.2) is 12.4 Å². The zero-order valence-corrected chi connectivity index (χ0v) is 10.8. The molecular formula is C13H22N4. The minimum Gasteiger partial charge on any atom is -0.355 e. The van der Waals surface area contributed by atoms with E-state index in [4.69, 9.17) is 0 Å². The molecule has 1 aliphatic heterocycles. The van der Waals surface area contributed by atoms with Crippen LogP contribution in [0.2, 0.25) is 0 Å². The average molecular weight is 234 g/mol. The third-order valence-electron chi connectivity index (χ3n) is 3.47. The van der Waals surface area contributed by atoms with E-state index in [1.54, 1.807) is 0 Å². The van der Waals surface area contributed by atoms with Crippen molar-refractivity contribution in [3.63, 3.8) is 0 Å². The topological polar surface area (TPSA) is 41.1 Å². The number of hydrogen-bond acceptors (Lipinski definition) is 4. The van der Waals surface area contributed by atoms with Gasteiger partial charge >= 0.3 is 0 Å². The first-order valence-electron chi connectivity index (χ1n) is 6.54. The van der Waals surface area contributed by atoms with E-state index in [1.807, 2.05) is 19.4 Å². The third kappa shape index (κ3) is 3.16. The zero-order valence-electron chi connectivity index (χ0n) is 10.8. The molecule has 1 aromatic heterocycles. The van der Waals surface area contributed by atoms with Crippen LogP contribution in [0.5, 0.6) is 0 Å². The largest absolute Gasteiger partial charge is 0.355 e. The summed E-state index contributed by atoms with van der Waals surface area (Å²) in [7, 11) is 1.92. The minimum atomic E-state index is 0.783. The molecule has 0 bridgehead atoms. The van der Waals surface area contributed by atoms with Crippen molar-refractivity contribution in [3.05, 3.63) is 18.1 Å². The fourth-order valence-corrected chi connectivity index (χ4v) is 2.39. The van der Waals surface area contributed by atoms with E-state index in [0.29, 0.717) is 0 Å². The molecule has 0 spiro atoms. The highest BCUT2D eigenvalue weighted by Gasteiger charge is 2.19. The molecule has 1 N–H and O–H groups in total. The summed E-state index contributed by atoms with van der Waals surface area (Å²) in [6.07, 6.45) is 7.69. The van der Waals surface area contributed by atoms with Crippen LogP contribution in [0.4, 0.5) is 5.82 Å². The molecule has 1 atom stereocenters. The molecule has 94 valence electrons. The maximum atomic E-state index is 4.51. The number of aromatic nitrogens is 2. The molecule has 4 nitrogen and oxygen atoms in total. The van der Waals surface area contributed by atoms with Gasteiger partial charge in [-0.3, -0.25) is 4.98 Å². The summed E-state index contributed by atoms with van der Waals surface area (Å²) in [5, 5.41) is 3.08. The van der Waals surface area contributed by atoms with E-state index in [1.165, 1.54) is 19.3 Å². The van der Waals surface area contributed by atoms with Gasteiger partial charge in [-0.1, -0.05) is 13.3 Å². The van der Waals surface area contributed by atoms with Gasteiger partial charge in [0.15, 0.2) is 0 Å². The Bertz CT molecular complexity index is 336. The number of piperidine rings is 1. The lowest BCUT2D eigenvalue weighted by molar-refractivity contribution is 0.402. The number of nitrogens with one attached hydrogen (secondary N) is 1. The van der Waals surface area contributed by atoms with Crippen LogP contribution in [0.1, 0.15) is 31.9 Å². The summed E-state index contributed by atoms with van der Waals surface area (Å²) < 4.78 is 0. The van der Waals surface area contributed by atoms with Crippen molar-refractivity contribution in [2.24, 2.45) is 5.92 Å². The maximum Gasteiger partial charge on any atom is 0.147 e. The molecule has 1 unspecified atom stereocenters. The number of nitrogens with zero attached hydrogens (tertiary/aromatic N) is 3. The second-order valence-electron chi connectivity index (χ2n) is 4.76. The Morgan fingerprint density at radius 3 is 2.94 bits per heavy atom. The van der Waals surface area contributed by atoms with Crippen molar-refractivity contribution < 1.29 is 0 Å². The molecule has 1 aliphatic rings. The first kappa shape index (κ1) is 12.3. The highest BCUT2D eigenvalue weighted by atomic mass is 15.2. The van der Waals surface area contributed by atoms with Crippen molar-refractivity contribution >= 4 is 5.82 Å². The van der Waals surface area contributed by atoms with E-state index in [9.17, 15) is 0 Å². The summed E-state index contributed by atoms with van der Waals surface area (Å²) in [4.78, 5) is 11.3. The molecule has 17 heavy (non-hydrogen) atoms. The molecule has 2 heterocycles. The van der Waals surface area contributed by atoms with Gasteiger partial charge in [0, 0.05) is 19.6 Å². The molecule has 1 saturated heterocycles. The fourth-order valence-electron chi connectivity index (χ4n) is 2.39. The van der Waals surface area contributed by atoms with Crippen LogP contribution < -0.4 is 10.2 Å². The van der Waals surface area contributed by atoms with Crippen LogP contribution in [-0.4, -0.2) is 30.1 Å². The van der Waals surface area contributed by atoms with Gasteiger partial charge in [0.2, 0.25) is 0 Å². The highest BCUT2D eigenvalue weighted by molar-refractivity contribution is 5.36. The lowest BCUT2D eigenvalue weighted by Gasteiger charge is -2.32. The van der Waals surface area contributed by atoms with E-state index in [2.05, 4.69) is 27.1 Å². The van der Waals surface area contributed by atoms with Crippen molar-refractivity contribution in [1.29, 1.82) is 0 Å². The Labute approximate surface area is 103 Å². The van der Waals surface area contributed by atoms with Crippen LogP contribution >= 0.6 is 0 Å². The molecule has 2 rings (SSSR count). The lowest BCUT2D eigenvalue weighted by atomic mass is 9.96. The summed E-state index contributed by atoms with van der Waals surface area (Å²) >= 11 is 0. The summed E-state index contributed by atoms with van der Waals surface area (Å²) in [5.74, 6) is 1.85. The predicted molar refractivity (Wildman–Crippen MR) is 70.0 cm³/mol. The fraction of sp³-hybridized carbons (Fsp3) is 0.692. The maximum absolute atomic E-state index is 4.51. The Balaban J connectivity index is 2.01. The van der Waals surface area contributed by atoms with Gasteiger partial charge in [0.25, 0.3) is 0 Å². The standard InChI is InChI=1S/C13H22N4/c1-3-11-5-4-6-17(10-11)13-9-15-12(7-14-2)8-16-13/h8-9,11,14H,3-7,10H2,1-2H3. The molecule has 0 radical (unpaired) electrons. The molecule has 0 aliphatic carbocycles. The summed E-state index contributed by atoms with van der Waals surface area (Å²) in [6.45, 7) is 5.31. The van der Waals surface area contributed by atoms with Gasteiger partial charge < -0.3 is 10.2 Å². The normalized spacial score (nSPS) is 20.6. The average Bonchev–Trinajstić information content (AvgIpc) is 2.40. The Morgan fingerprint density at radius 2 is 2.29 bits per heavy atom. The molecular weight excluding hydrogens is 212 g/mol. The van der Waals surface area contributed by atoms with E-state index in [-0.39, 0.29) is 0 Å². The van der Waals surface area contributed by atoms with Gasteiger partial charge in [-0.2, -0.15) is 0 Å². The van der Waals surface area contributed by atoms with E-state index >= 15 is 0 Å². The van der Waals surface area contributed by atoms with Crippen LogP contribution in [-0.2, 0) is 6.54 Å². The monoisotopic (exact) mass is 234 g/mol. The van der Waals surface area contributed by atoms with Gasteiger partial charge in [-0.25, -0.2) is 4.98 Å². The Hall–Kier alpha value is -1.16. The van der Waals surface area contributed by atoms with Crippen molar-refractivity contribution in [2.45, 2.75) is 32.7 Å². The van der Waals surface area contributed by atoms with Crippen molar-refractivity contribution in [3.8, 4) is 0 Å². The first-order chi connectivity index (χ1) is 8.33. The smallest absolute Gasteiger partial charge is 0.147 e. The lowest BCUT2D eigenvalue weighted by Crippen LogP contribution is -2.35. The van der Waals surface area contributed by atoms with Crippen LogP contribution in [0.25, 0.3) is 0 Å². The van der Waals surface area contributed by atoms with Crippen molar-refractivity contribution in [2.75, 3.05) is 25.0 Å². The van der Waals surface area contributed by atoms with E-state index in [0.717, 1.165) is 37.1 Å². The number of anilines is 1. The van der Waals surface area contributed by atoms with Crippen molar-refractivity contribution in [1.82, 2.24) is 15.3 Å². The summed E-state index contributed by atoms with van der Waals surface area (Å²) in [5.41, 5.74) is 1.00. The van der Waals surface area contributed by atoms with Gasteiger partial charge in [0.05, 0.1) is 18.1 Å². The Morgan fingerprint density at radius 1 is 1.41 bits per heavy atom. The third-order valence-corrected chi connectivity index (χ3v) is 3.47. The predicted octanol–water partition coefficient (Wildman–Crippen LogP) is 1.82. The molecule has 1 fully saturated rings. The highest BCUT2D eigenvalue weighted by Crippen LogP contribution is 2.22. The SMILES string of the molecule is CCC1CCCN(c2cnc(CNC)cn2)C1. The first-order valence-corrected chi connectivity index (χ1v) is 6.54. The van der Waals surface area contributed by atoms with Gasteiger partial charge in [-0.15, -0.1) is 0 Å². The van der Waals surface area contributed by atoms with E-state index < -0.39 is 0 Å². The summed E-state index contributed by atoms with van der Waals surface area (Å²) in [6, 6.07) is 0. The molecule has 4 heteroatoms. The second-order valence-corrected chi connectivity index (χ2v) is 4.76. The number of hydrogen-bond donors (Lipinski definition) is 1. The zero-order chi connectivity index (χ0) is 12.1. The Kier molecular flexibility index (Phi) is 4.31. The second kappa shape index (κ2) is 5.96. The molecule has 0 amide bonds. The molecule has 0 aromatic carbocycles. The molecule has 0 saturated carbocycles. The molecule has 1 aromatic rings. The number of rotatable bonds is 4. The minimum absolute atomic E-state index is 0.783. The van der Waals surface area contributed by atoms with Gasteiger partial charge in [-0.05, 0) is 25.8 Å². The van der Waals surface area contributed by atoms with Gasteiger partial charge in [0.1, 0.15) is 5.82 Å². The quantitative estimate of drug-likeness (QED) is 0.863.